The summed E-state index contributed by atoms with van der Waals surface area (Å²) in [5, 5.41) is 0. The molecule has 0 saturated carbocycles. The molecule has 0 saturated heterocycles. The quantitative estimate of drug-likeness (QED) is 0.863. The van der Waals surface area contributed by atoms with Gasteiger partial charge in [-0.25, -0.2) is 12.8 Å². The van der Waals surface area contributed by atoms with Gasteiger partial charge in [-0.3, -0.25) is 0 Å². The van der Waals surface area contributed by atoms with Gasteiger partial charge in [-0.15, -0.1) is 12.4 Å². The molecule has 0 bridgehead atoms. The maximum absolute atomic E-state index is 13.2. The van der Waals surface area contributed by atoms with Gasteiger partial charge in [0, 0.05) is 19.6 Å². The fourth-order valence-corrected chi connectivity index (χ4v) is 3.91. The molecular formula is C16H20ClFN2O2S. The van der Waals surface area contributed by atoms with Crippen molar-refractivity contribution in [2.75, 3.05) is 13.1 Å². The van der Waals surface area contributed by atoms with Crippen LogP contribution in [0.25, 0.3) is 0 Å². The maximum Gasteiger partial charge on any atom is 0.243 e. The van der Waals surface area contributed by atoms with Gasteiger partial charge in [0.05, 0.1) is 4.90 Å². The minimum Gasteiger partial charge on any atom is -0.329 e. The van der Waals surface area contributed by atoms with Crippen molar-refractivity contribution in [3.05, 3.63) is 65.5 Å². The number of nitrogens with zero attached hydrogens (tertiary/aromatic N) is 1. The first-order chi connectivity index (χ1) is 10.4. The van der Waals surface area contributed by atoms with E-state index in [9.17, 15) is 12.8 Å². The van der Waals surface area contributed by atoms with Gasteiger partial charge in [0.15, 0.2) is 0 Å². The lowest BCUT2D eigenvalue weighted by molar-refractivity contribution is 0.413. The Hall–Kier alpha value is -1.47. The van der Waals surface area contributed by atoms with Crippen LogP contribution in [0.3, 0.4) is 0 Å². The molecule has 23 heavy (non-hydrogen) atoms. The van der Waals surface area contributed by atoms with Crippen LogP contribution in [0.15, 0.2) is 53.4 Å². The molecule has 0 atom stereocenters. The van der Waals surface area contributed by atoms with Crippen molar-refractivity contribution in [2.24, 2.45) is 5.73 Å². The Morgan fingerprint density at radius 1 is 1.13 bits per heavy atom. The average molecular weight is 359 g/mol. The molecule has 0 amide bonds. The zero-order valence-electron chi connectivity index (χ0n) is 12.8. The van der Waals surface area contributed by atoms with Gasteiger partial charge in [-0.05, 0) is 36.2 Å². The van der Waals surface area contributed by atoms with Crippen LogP contribution in [0.2, 0.25) is 0 Å². The third-order valence-electron chi connectivity index (χ3n) is 3.34. The summed E-state index contributed by atoms with van der Waals surface area (Å²) in [6, 6.07) is 13.0. The molecule has 0 aliphatic carbocycles. The summed E-state index contributed by atoms with van der Waals surface area (Å²) in [4.78, 5) is 0.110. The van der Waals surface area contributed by atoms with Crippen molar-refractivity contribution in [2.45, 2.75) is 18.4 Å². The van der Waals surface area contributed by atoms with Crippen molar-refractivity contribution in [3.8, 4) is 0 Å². The molecular weight excluding hydrogens is 339 g/mol. The molecule has 2 N–H and O–H groups in total. The maximum atomic E-state index is 13.2. The Labute approximate surface area is 142 Å². The zero-order valence-corrected chi connectivity index (χ0v) is 14.4. The molecule has 0 spiro atoms. The van der Waals surface area contributed by atoms with Crippen molar-refractivity contribution in [3.63, 3.8) is 0 Å². The van der Waals surface area contributed by atoms with Crippen LogP contribution in [0.1, 0.15) is 11.1 Å². The number of halogens is 2. The smallest absolute Gasteiger partial charge is 0.243 e. The largest absolute Gasteiger partial charge is 0.329 e. The van der Waals surface area contributed by atoms with Gasteiger partial charge in [0.25, 0.3) is 0 Å². The molecule has 4 nitrogen and oxygen atoms in total. The van der Waals surface area contributed by atoms with E-state index in [4.69, 9.17) is 5.73 Å². The highest BCUT2D eigenvalue weighted by atomic mass is 35.5. The van der Waals surface area contributed by atoms with E-state index in [0.29, 0.717) is 5.56 Å². The second-order valence-corrected chi connectivity index (χ2v) is 6.93. The Morgan fingerprint density at radius 3 is 2.35 bits per heavy atom. The summed E-state index contributed by atoms with van der Waals surface area (Å²) in [7, 11) is -3.72. The standard InChI is InChI=1S/C16H19FN2O2S.ClH/c1-13-11-15(17)7-8-16(13)22(20,21)19(10-9-18)12-14-5-3-2-4-6-14;/h2-8,11H,9-10,12,18H2,1H3;1H. The van der Waals surface area contributed by atoms with Crippen LogP contribution in [0.4, 0.5) is 4.39 Å². The van der Waals surface area contributed by atoms with E-state index >= 15 is 0 Å². The summed E-state index contributed by atoms with van der Waals surface area (Å²) in [5.74, 6) is -0.454. The van der Waals surface area contributed by atoms with Gasteiger partial charge in [-0.1, -0.05) is 30.3 Å². The van der Waals surface area contributed by atoms with E-state index in [-0.39, 0.29) is 36.9 Å². The van der Waals surface area contributed by atoms with Crippen molar-refractivity contribution < 1.29 is 12.8 Å². The van der Waals surface area contributed by atoms with Gasteiger partial charge in [0.2, 0.25) is 10.0 Å². The minimum absolute atomic E-state index is 0. The lowest BCUT2D eigenvalue weighted by Gasteiger charge is -2.22. The van der Waals surface area contributed by atoms with Gasteiger partial charge in [0.1, 0.15) is 5.82 Å². The zero-order chi connectivity index (χ0) is 16.2. The van der Waals surface area contributed by atoms with Crippen LogP contribution in [-0.2, 0) is 16.6 Å². The van der Waals surface area contributed by atoms with E-state index in [2.05, 4.69) is 0 Å². The number of hydrogen-bond acceptors (Lipinski definition) is 3. The molecule has 0 heterocycles. The number of sulfonamides is 1. The molecule has 2 aromatic rings. The predicted molar refractivity (Wildman–Crippen MR) is 91.5 cm³/mol. The second-order valence-electron chi connectivity index (χ2n) is 5.02. The molecule has 0 radical (unpaired) electrons. The van der Waals surface area contributed by atoms with E-state index in [1.54, 1.807) is 6.92 Å². The third-order valence-corrected chi connectivity index (χ3v) is 5.34. The van der Waals surface area contributed by atoms with Crippen LogP contribution in [0, 0.1) is 12.7 Å². The number of benzene rings is 2. The number of aryl methyl sites for hydroxylation is 1. The van der Waals surface area contributed by atoms with Crippen molar-refractivity contribution in [1.82, 2.24) is 4.31 Å². The molecule has 2 aromatic carbocycles. The third kappa shape index (κ3) is 4.75. The summed E-state index contributed by atoms with van der Waals surface area (Å²) in [5.41, 5.74) is 6.81. The predicted octanol–water partition coefficient (Wildman–Crippen LogP) is 2.71. The molecule has 2 rings (SSSR count). The minimum atomic E-state index is -3.72. The first-order valence-electron chi connectivity index (χ1n) is 6.95. The topological polar surface area (TPSA) is 63.4 Å². The molecule has 0 fully saturated rings. The highest BCUT2D eigenvalue weighted by Crippen LogP contribution is 2.22. The van der Waals surface area contributed by atoms with Gasteiger partial charge < -0.3 is 5.73 Å². The summed E-state index contributed by atoms with van der Waals surface area (Å²) < 4.78 is 40.1. The number of hydrogen-bond donors (Lipinski definition) is 1. The first-order valence-corrected chi connectivity index (χ1v) is 8.39. The van der Waals surface area contributed by atoms with E-state index in [1.165, 1.54) is 16.4 Å². The Morgan fingerprint density at radius 2 is 1.78 bits per heavy atom. The Kier molecular flexibility index (Phi) is 7.15. The van der Waals surface area contributed by atoms with Gasteiger partial charge in [-0.2, -0.15) is 4.31 Å². The molecule has 0 aliphatic rings. The second kappa shape index (κ2) is 8.40. The summed E-state index contributed by atoms with van der Waals surface area (Å²) in [6.07, 6.45) is 0. The Balaban J connectivity index is 0.00000264. The van der Waals surface area contributed by atoms with E-state index < -0.39 is 15.8 Å². The summed E-state index contributed by atoms with van der Waals surface area (Å²) in [6.45, 7) is 2.23. The lowest BCUT2D eigenvalue weighted by atomic mass is 10.2. The van der Waals surface area contributed by atoms with Crippen LogP contribution >= 0.6 is 12.4 Å². The van der Waals surface area contributed by atoms with E-state index in [1.807, 2.05) is 30.3 Å². The number of nitrogens with two attached hydrogens (primary N) is 1. The molecule has 0 aromatic heterocycles. The molecule has 7 heteroatoms. The molecule has 126 valence electrons. The highest BCUT2D eigenvalue weighted by Gasteiger charge is 2.25. The van der Waals surface area contributed by atoms with Crippen LogP contribution < -0.4 is 5.73 Å². The first kappa shape index (κ1) is 19.6. The normalized spacial score (nSPS) is 11.3. The van der Waals surface area contributed by atoms with Crippen molar-refractivity contribution in [1.29, 1.82) is 0 Å². The summed E-state index contributed by atoms with van der Waals surface area (Å²) >= 11 is 0. The monoisotopic (exact) mass is 358 g/mol. The molecule has 0 aliphatic heterocycles. The van der Waals surface area contributed by atoms with Crippen LogP contribution in [-0.4, -0.2) is 25.8 Å². The fraction of sp³-hybridized carbons (Fsp3) is 0.250. The lowest BCUT2D eigenvalue weighted by Crippen LogP contribution is -2.35. The van der Waals surface area contributed by atoms with E-state index in [0.717, 1.165) is 11.6 Å². The Bertz CT molecular complexity index is 739. The van der Waals surface area contributed by atoms with Gasteiger partial charge >= 0.3 is 0 Å². The fourth-order valence-electron chi connectivity index (χ4n) is 2.26. The SMILES string of the molecule is Cc1cc(F)ccc1S(=O)(=O)N(CCN)Cc1ccccc1.Cl. The average Bonchev–Trinajstić information content (AvgIpc) is 2.47. The number of rotatable bonds is 6. The molecule has 0 unspecified atom stereocenters. The highest BCUT2D eigenvalue weighted by molar-refractivity contribution is 7.89. The van der Waals surface area contributed by atoms with Crippen molar-refractivity contribution >= 4 is 22.4 Å². The van der Waals surface area contributed by atoms with Crippen LogP contribution in [0.5, 0.6) is 0 Å².